The van der Waals surface area contributed by atoms with Crippen LogP contribution in [0.25, 0.3) is 5.69 Å². The maximum Gasteiger partial charge on any atom is 0.101 e. The summed E-state index contributed by atoms with van der Waals surface area (Å²) in [5.41, 5.74) is 1.32. The molecule has 4 heteroatoms. The Morgan fingerprint density at radius 2 is 2.29 bits per heavy atom. The first-order valence-electron chi connectivity index (χ1n) is 4.01. The first kappa shape index (κ1) is 8.79. The monoisotopic (exact) mass is 203 g/mol. The maximum absolute atomic E-state index is 8.68. The van der Waals surface area contributed by atoms with Gasteiger partial charge >= 0.3 is 0 Å². The molecule has 0 saturated heterocycles. The number of benzene rings is 1. The van der Waals surface area contributed by atoms with E-state index in [2.05, 4.69) is 5.10 Å². The average Bonchev–Trinajstić information content (AvgIpc) is 2.70. The highest BCUT2D eigenvalue weighted by molar-refractivity contribution is 6.31. The second-order valence-corrected chi connectivity index (χ2v) is 3.13. The Balaban J connectivity index is 2.49. The summed E-state index contributed by atoms with van der Waals surface area (Å²) in [7, 11) is 0. The normalized spacial score (nSPS) is 9.71. The van der Waals surface area contributed by atoms with Crippen molar-refractivity contribution in [3.8, 4) is 11.8 Å². The standard InChI is InChI=1S/C10H6ClN3/c11-10-6-9(3-2-8(10)7-12)14-5-1-4-13-14/h1-6H. The molecule has 0 amide bonds. The summed E-state index contributed by atoms with van der Waals surface area (Å²) in [5, 5.41) is 13.2. The van der Waals surface area contributed by atoms with Crippen LogP contribution >= 0.6 is 11.6 Å². The Bertz CT molecular complexity index is 483. The minimum Gasteiger partial charge on any atom is -0.241 e. The number of hydrogen-bond donors (Lipinski definition) is 0. The van der Waals surface area contributed by atoms with Crippen molar-refractivity contribution in [2.45, 2.75) is 0 Å². The maximum atomic E-state index is 8.68. The number of nitrogens with zero attached hydrogens (tertiary/aromatic N) is 3. The van der Waals surface area contributed by atoms with Crippen LogP contribution in [0.1, 0.15) is 5.56 Å². The predicted octanol–water partition coefficient (Wildman–Crippen LogP) is 2.40. The van der Waals surface area contributed by atoms with E-state index in [-0.39, 0.29) is 0 Å². The van der Waals surface area contributed by atoms with Crippen LogP contribution in [0.4, 0.5) is 0 Å². The van der Waals surface area contributed by atoms with E-state index in [9.17, 15) is 0 Å². The number of nitriles is 1. The first-order valence-corrected chi connectivity index (χ1v) is 4.39. The lowest BCUT2D eigenvalue weighted by atomic mass is 10.2. The Morgan fingerprint density at radius 3 is 2.86 bits per heavy atom. The average molecular weight is 204 g/mol. The molecule has 0 radical (unpaired) electrons. The third-order valence-electron chi connectivity index (χ3n) is 1.84. The van der Waals surface area contributed by atoms with Crippen LogP contribution in [0.3, 0.4) is 0 Å². The molecule has 1 aromatic heterocycles. The third-order valence-corrected chi connectivity index (χ3v) is 2.15. The van der Waals surface area contributed by atoms with Crippen molar-refractivity contribution >= 4 is 11.6 Å². The van der Waals surface area contributed by atoms with Gasteiger partial charge < -0.3 is 0 Å². The summed E-state index contributed by atoms with van der Waals surface area (Å²) in [4.78, 5) is 0. The van der Waals surface area contributed by atoms with Crippen LogP contribution in [0.2, 0.25) is 5.02 Å². The summed E-state index contributed by atoms with van der Waals surface area (Å²) in [5.74, 6) is 0. The molecule has 0 fully saturated rings. The van der Waals surface area contributed by atoms with Gasteiger partial charge in [0.25, 0.3) is 0 Å². The molecule has 0 atom stereocenters. The van der Waals surface area contributed by atoms with Gasteiger partial charge in [0.05, 0.1) is 16.3 Å². The van der Waals surface area contributed by atoms with Crippen molar-refractivity contribution in [2.75, 3.05) is 0 Å². The van der Waals surface area contributed by atoms with Gasteiger partial charge in [-0.05, 0) is 24.3 Å². The molecule has 1 aromatic carbocycles. The van der Waals surface area contributed by atoms with Gasteiger partial charge in [0.1, 0.15) is 6.07 Å². The molecule has 0 unspecified atom stereocenters. The van der Waals surface area contributed by atoms with E-state index in [0.29, 0.717) is 10.6 Å². The summed E-state index contributed by atoms with van der Waals surface area (Å²) in [6, 6.07) is 9.03. The van der Waals surface area contributed by atoms with Crippen LogP contribution in [-0.2, 0) is 0 Å². The second-order valence-electron chi connectivity index (χ2n) is 2.73. The zero-order valence-electron chi connectivity index (χ0n) is 7.18. The molecule has 0 aliphatic carbocycles. The summed E-state index contributed by atoms with van der Waals surface area (Å²) in [6.07, 6.45) is 3.50. The van der Waals surface area contributed by atoms with Gasteiger partial charge in [-0.2, -0.15) is 10.4 Å². The van der Waals surface area contributed by atoms with E-state index >= 15 is 0 Å². The topological polar surface area (TPSA) is 41.6 Å². The molecule has 68 valence electrons. The quantitative estimate of drug-likeness (QED) is 0.714. The molecule has 0 saturated carbocycles. The number of halogens is 1. The van der Waals surface area contributed by atoms with Crippen LogP contribution < -0.4 is 0 Å². The molecule has 0 aliphatic rings. The lowest BCUT2D eigenvalue weighted by Crippen LogP contribution is -1.94. The molecule has 3 nitrogen and oxygen atoms in total. The Morgan fingerprint density at radius 1 is 1.43 bits per heavy atom. The molecule has 0 spiro atoms. The van der Waals surface area contributed by atoms with Crippen molar-refractivity contribution < 1.29 is 0 Å². The number of aromatic nitrogens is 2. The van der Waals surface area contributed by atoms with E-state index < -0.39 is 0 Å². The lowest BCUT2D eigenvalue weighted by molar-refractivity contribution is 0.880. The smallest absolute Gasteiger partial charge is 0.101 e. The van der Waals surface area contributed by atoms with Crippen LogP contribution in [0, 0.1) is 11.3 Å². The third kappa shape index (κ3) is 1.48. The van der Waals surface area contributed by atoms with E-state index in [1.54, 1.807) is 29.1 Å². The predicted molar refractivity (Wildman–Crippen MR) is 53.3 cm³/mol. The van der Waals surface area contributed by atoms with Crippen molar-refractivity contribution in [3.63, 3.8) is 0 Å². The molecule has 0 bridgehead atoms. The van der Waals surface area contributed by atoms with Crippen LogP contribution in [0.5, 0.6) is 0 Å². The fraction of sp³-hybridized carbons (Fsp3) is 0. The highest BCUT2D eigenvalue weighted by atomic mass is 35.5. The fourth-order valence-electron chi connectivity index (χ4n) is 1.16. The number of rotatable bonds is 1. The second kappa shape index (κ2) is 3.52. The van der Waals surface area contributed by atoms with Gasteiger partial charge in [0.2, 0.25) is 0 Å². The van der Waals surface area contributed by atoms with Gasteiger partial charge in [0, 0.05) is 12.4 Å². The van der Waals surface area contributed by atoms with E-state index in [0.717, 1.165) is 5.69 Å². The van der Waals surface area contributed by atoms with Crippen LogP contribution in [-0.4, -0.2) is 9.78 Å². The molecule has 2 rings (SSSR count). The zero-order chi connectivity index (χ0) is 9.97. The molecule has 0 N–H and O–H groups in total. The minimum absolute atomic E-state index is 0.445. The van der Waals surface area contributed by atoms with E-state index in [1.807, 2.05) is 18.3 Å². The highest BCUT2D eigenvalue weighted by Gasteiger charge is 2.01. The van der Waals surface area contributed by atoms with Gasteiger partial charge in [-0.1, -0.05) is 11.6 Å². The first-order chi connectivity index (χ1) is 6.81. The van der Waals surface area contributed by atoms with Gasteiger partial charge in [-0.15, -0.1) is 0 Å². The van der Waals surface area contributed by atoms with Crippen molar-refractivity contribution in [1.82, 2.24) is 9.78 Å². The lowest BCUT2D eigenvalue weighted by Gasteiger charge is -2.02. The zero-order valence-corrected chi connectivity index (χ0v) is 7.94. The Labute approximate surface area is 86.2 Å². The SMILES string of the molecule is N#Cc1ccc(-n2cccn2)cc1Cl. The van der Waals surface area contributed by atoms with Crippen LogP contribution in [0.15, 0.2) is 36.7 Å². The van der Waals surface area contributed by atoms with Crippen molar-refractivity contribution in [3.05, 3.63) is 47.2 Å². The fourth-order valence-corrected chi connectivity index (χ4v) is 1.38. The van der Waals surface area contributed by atoms with Gasteiger partial charge in [-0.3, -0.25) is 0 Å². The molecule has 1 heterocycles. The molecule has 0 aliphatic heterocycles. The minimum atomic E-state index is 0.445. The Hall–Kier alpha value is -1.79. The molecular weight excluding hydrogens is 198 g/mol. The molecule has 14 heavy (non-hydrogen) atoms. The summed E-state index contributed by atoms with van der Waals surface area (Å²) >= 11 is 5.88. The van der Waals surface area contributed by atoms with Crippen molar-refractivity contribution in [1.29, 1.82) is 5.26 Å². The summed E-state index contributed by atoms with van der Waals surface area (Å²) < 4.78 is 1.69. The molecule has 2 aromatic rings. The van der Waals surface area contributed by atoms with E-state index in [1.165, 1.54) is 0 Å². The van der Waals surface area contributed by atoms with E-state index in [4.69, 9.17) is 16.9 Å². The largest absolute Gasteiger partial charge is 0.241 e. The highest BCUT2D eigenvalue weighted by Crippen LogP contribution is 2.18. The van der Waals surface area contributed by atoms with Gasteiger partial charge in [0.15, 0.2) is 0 Å². The van der Waals surface area contributed by atoms with Gasteiger partial charge in [-0.25, -0.2) is 4.68 Å². The summed E-state index contributed by atoms with van der Waals surface area (Å²) in [6.45, 7) is 0. The van der Waals surface area contributed by atoms with Crippen molar-refractivity contribution in [2.24, 2.45) is 0 Å². The Kier molecular flexibility index (Phi) is 2.21. The molecular formula is C10H6ClN3. The number of hydrogen-bond acceptors (Lipinski definition) is 2.